The first-order chi connectivity index (χ1) is 9.88. The SMILES string of the molecule is CCNC(c1ccn(-c2ccccc2)n1)c1ccco1. The maximum Gasteiger partial charge on any atom is 0.126 e. The van der Waals surface area contributed by atoms with E-state index < -0.39 is 0 Å². The fourth-order valence-corrected chi connectivity index (χ4v) is 2.23. The van der Waals surface area contributed by atoms with Crippen LogP contribution in [-0.4, -0.2) is 16.3 Å². The molecule has 0 spiro atoms. The van der Waals surface area contributed by atoms with Crippen molar-refractivity contribution in [2.24, 2.45) is 0 Å². The Morgan fingerprint density at radius 3 is 2.70 bits per heavy atom. The second-order valence-corrected chi connectivity index (χ2v) is 4.53. The Bertz CT molecular complexity index is 643. The van der Waals surface area contributed by atoms with Crippen LogP contribution in [0.4, 0.5) is 0 Å². The average Bonchev–Trinajstić information content (AvgIpc) is 3.17. The summed E-state index contributed by atoms with van der Waals surface area (Å²) in [5.74, 6) is 0.880. The summed E-state index contributed by atoms with van der Waals surface area (Å²) in [5, 5.41) is 8.05. The highest BCUT2D eigenvalue weighted by molar-refractivity contribution is 5.31. The number of furan rings is 1. The summed E-state index contributed by atoms with van der Waals surface area (Å²) in [6, 6.07) is 15.9. The number of aromatic nitrogens is 2. The summed E-state index contributed by atoms with van der Waals surface area (Å²) in [6.07, 6.45) is 3.66. The Hall–Kier alpha value is -2.33. The molecule has 0 radical (unpaired) electrons. The molecule has 102 valence electrons. The van der Waals surface area contributed by atoms with Crippen LogP contribution in [0.25, 0.3) is 5.69 Å². The average molecular weight is 267 g/mol. The molecule has 3 rings (SSSR count). The first kappa shape index (κ1) is 12.7. The smallest absolute Gasteiger partial charge is 0.126 e. The van der Waals surface area contributed by atoms with E-state index in [0.29, 0.717) is 0 Å². The van der Waals surface area contributed by atoms with Gasteiger partial charge >= 0.3 is 0 Å². The quantitative estimate of drug-likeness (QED) is 0.772. The Morgan fingerprint density at radius 1 is 1.15 bits per heavy atom. The fraction of sp³-hybridized carbons (Fsp3) is 0.188. The molecule has 1 aromatic carbocycles. The molecule has 0 bridgehead atoms. The standard InChI is InChI=1S/C16H17N3O/c1-2-17-16(15-9-6-12-20-15)14-10-11-19(18-14)13-7-4-3-5-8-13/h3-12,16-17H,2H2,1H3. The highest BCUT2D eigenvalue weighted by Gasteiger charge is 2.18. The van der Waals surface area contributed by atoms with Crippen molar-refractivity contribution in [3.63, 3.8) is 0 Å². The van der Waals surface area contributed by atoms with Crippen LogP contribution in [0.3, 0.4) is 0 Å². The van der Waals surface area contributed by atoms with E-state index in [1.165, 1.54) is 0 Å². The minimum atomic E-state index is -0.0139. The van der Waals surface area contributed by atoms with Gasteiger partial charge in [0.05, 0.1) is 17.6 Å². The predicted molar refractivity (Wildman–Crippen MR) is 77.8 cm³/mol. The topological polar surface area (TPSA) is 43.0 Å². The van der Waals surface area contributed by atoms with Crippen LogP contribution in [-0.2, 0) is 0 Å². The summed E-state index contributed by atoms with van der Waals surface area (Å²) in [7, 11) is 0. The molecule has 0 saturated heterocycles. The van der Waals surface area contributed by atoms with Crippen LogP contribution in [0.5, 0.6) is 0 Å². The van der Waals surface area contributed by atoms with Gasteiger partial charge < -0.3 is 9.73 Å². The van der Waals surface area contributed by atoms with E-state index >= 15 is 0 Å². The van der Waals surface area contributed by atoms with Crippen LogP contribution in [0.1, 0.15) is 24.4 Å². The minimum absolute atomic E-state index is 0.0139. The van der Waals surface area contributed by atoms with Crippen LogP contribution in [0.2, 0.25) is 0 Å². The van der Waals surface area contributed by atoms with Gasteiger partial charge in [-0.15, -0.1) is 0 Å². The van der Waals surface area contributed by atoms with Gasteiger partial charge in [0.15, 0.2) is 0 Å². The van der Waals surface area contributed by atoms with E-state index in [-0.39, 0.29) is 6.04 Å². The highest BCUT2D eigenvalue weighted by atomic mass is 16.3. The van der Waals surface area contributed by atoms with Gasteiger partial charge in [0.1, 0.15) is 11.8 Å². The van der Waals surface area contributed by atoms with Gasteiger partial charge in [0.2, 0.25) is 0 Å². The van der Waals surface area contributed by atoms with Crippen molar-refractivity contribution in [2.75, 3.05) is 6.54 Å². The van der Waals surface area contributed by atoms with Crippen LogP contribution in [0.15, 0.2) is 65.4 Å². The Labute approximate surface area is 118 Å². The van der Waals surface area contributed by atoms with E-state index in [1.807, 2.05) is 59.4 Å². The Morgan fingerprint density at radius 2 is 2.00 bits per heavy atom. The van der Waals surface area contributed by atoms with Crippen molar-refractivity contribution in [3.05, 3.63) is 72.4 Å². The molecule has 0 amide bonds. The van der Waals surface area contributed by atoms with E-state index in [2.05, 4.69) is 17.3 Å². The molecular weight excluding hydrogens is 250 g/mol. The molecule has 1 N–H and O–H groups in total. The summed E-state index contributed by atoms with van der Waals surface area (Å²) >= 11 is 0. The summed E-state index contributed by atoms with van der Waals surface area (Å²) in [6.45, 7) is 2.92. The van der Waals surface area contributed by atoms with Crippen LogP contribution in [0, 0.1) is 0 Å². The molecule has 2 aromatic heterocycles. The van der Waals surface area contributed by atoms with Gasteiger partial charge in [-0.1, -0.05) is 25.1 Å². The Kier molecular flexibility index (Phi) is 3.65. The first-order valence-corrected chi connectivity index (χ1v) is 6.76. The van der Waals surface area contributed by atoms with Crippen molar-refractivity contribution in [3.8, 4) is 5.69 Å². The van der Waals surface area contributed by atoms with E-state index in [1.54, 1.807) is 6.26 Å². The van der Waals surface area contributed by atoms with Gasteiger partial charge in [-0.3, -0.25) is 0 Å². The predicted octanol–water partition coefficient (Wildman–Crippen LogP) is 3.16. The third-order valence-corrected chi connectivity index (χ3v) is 3.16. The molecule has 1 unspecified atom stereocenters. The summed E-state index contributed by atoms with van der Waals surface area (Å²) in [5.41, 5.74) is 2.00. The maximum atomic E-state index is 5.51. The number of benzene rings is 1. The molecule has 20 heavy (non-hydrogen) atoms. The zero-order chi connectivity index (χ0) is 13.8. The molecule has 1 atom stereocenters. The molecule has 0 fully saturated rings. The van der Waals surface area contributed by atoms with Crippen molar-refractivity contribution in [1.82, 2.24) is 15.1 Å². The number of para-hydroxylation sites is 1. The lowest BCUT2D eigenvalue weighted by Crippen LogP contribution is -2.22. The van der Waals surface area contributed by atoms with E-state index in [0.717, 1.165) is 23.7 Å². The maximum absolute atomic E-state index is 5.51. The largest absolute Gasteiger partial charge is 0.467 e. The van der Waals surface area contributed by atoms with E-state index in [4.69, 9.17) is 4.42 Å². The van der Waals surface area contributed by atoms with Gasteiger partial charge in [-0.25, -0.2) is 4.68 Å². The third-order valence-electron chi connectivity index (χ3n) is 3.16. The molecule has 2 heterocycles. The zero-order valence-corrected chi connectivity index (χ0v) is 11.4. The lowest BCUT2D eigenvalue weighted by Gasteiger charge is -2.12. The van der Waals surface area contributed by atoms with Crippen LogP contribution >= 0.6 is 0 Å². The molecule has 4 heteroatoms. The molecule has 0 aliphatic rings. The second kappa shape index (κ2) is 5.75. The highest BCUT2D eigenvalue weighted by Crippen LogP contribution is 2.21. The molecular formula is C16H17N3O. The van der Waals surface area contributed by atoms with Gasteiger partial charge in [0, 0.05) is 6.20 Å². The first-order valence-electron chi connectivity index (χ1n) is 6.76. The normalized spacial score (nSPS) is 12.4. The van der Waals surface area contributed by atoms with E-state index in [9.17, 15) is 0 Å². The Balaban J connectivity index is 1.91. The van der Waals surface area contributed by atoms with Crippen molar-refractivity contribution in [1.29, 1.82) is 0 Å². The van der Waals surface area contributed by atoms with Crippen molar-refractivity contribution in [2.45, 2.75) is 13.0 Å². The van der Waals surface area contributed by atoms with Crippen molar-refractivity contribution >= 4 is 0 Å². The van der Waals surface area contributed by atoms with Crippen molar-refractivity contribution < 1.29 is 4.42 Å². The molecule has 0 saturated carbocycles. The van der Waals surface area contributed by atoms with Gasteiger partial charge in [-0.05, 0) is 36.9 Å². The number of rotatable bonds is 5. The monoisotopic (exact) mass is 267 g/mol. The third kappa shape index (κ3) is 2.51. The second-order valence-electron chi connectivity index (χ2n) is 4.53. The molecule has 0 aliphatic carbocycles. The fourth-order valence-electron chi connectivity index (χ4n) is 2.23. The zero-order valence-electron chi connectivity index (χ0n) is 11.4. The number of hydrogen-bond donors (Lipinski definition) is 1. The minimum Gasteiger partial charge on any atom is -0.467 e. The molecule has 3 aromatic rings. The summed E-state index contributed by atoms with van der Waals surface area (Å²) < 4.78 is 7.38. The number of nitrogens with one attached hydrogen (secondary N) is 1. The van der Waals surface area contributed by atoms with Gasteiger partial charge in [-0.2, -0.15) is 5.10 Å². The summed E-state index contributed by atoms with van der Waals surface area (Å²) in [4.78, 5) is 0. The molecule has 0 aliphatic heterocycles. The number of nitrogens with zero attached hydrogens (tertiary/aromatic N) is 2. The lowest BCUT2D eigenvalue weighted by molar-refractivity contribution is 0.446. The number of hydrogen-bond acceptors (Lipinski definition) is 3. The van der Waals surface area contributed by atoms with Crippen LogP contribution < -0.4 is 5.32 Å². The lowest BCUT2D eigenvalue weighted by atomic mass is 10.1. The van der Waals surface area contributed by atoms with Gasteiger partial charge in [0.25, 0.3) is 0 Å². The molecule has 4 nitrogen and oxygen atoms in total.